The molecule has 4 nitrogen and oxygen atoms in total. The third-order valence-corrected chi connectivity index (χ3v) is 2.86. The average molecular weight is 221 g/mol. The molecular formula is C13H9N4. The van der Waals surface area contributed by atoms with Crippen molar-refractivity contribution < 1.29 is 0 Å². The van der Waals surface area contributed by atoms with Crippen molar-refractivity contribution in [2.75, 3.05) is 11.4 Å². The quantitative estimate of drug-likeness (QED) is 0.737. The minimum atomic E-state index is 0.669. The minimum Gasteiger partial charge on any atom is -0.326 e. The number of fused-ring (bicyclic) bond motifs is 1. The highest BCUT2D eigenvalue weighted by Gasteiger charge is 2.21. The molecule has 1 aliphatic rings. The molecule has 0 atom stereocenters. The van der Waals surface area contributed by atoms with E-state index >= 15 is 0 Å². The maximum Gasteiger partial charge on any atom is 0.140 e. The SMILES string of the molecule is N#Cc1ccc(N2CCc3[c]ncnc32)cc1. The van der Waals surface area contributed by atoms with Gasteiger partial charge in [0.15, 0.2) is 0 Å². The number of rotatable bonds is 1. The molecule has 2 heterocycles. The smallest absolute Gasteiger partial charge is 0.140 e. The van der Waals surface area contributed by atoms with Crippen molar-refractivity contribution in [3.05, 3.63) is 47.9 Å². The zero-order valence-corrected chi connectivity index (χ0v) is 9.09. The van der Waals surface area contributed by atoms with Gasteiger partial charge in [-0.05, 0) is 30.7 Å². The summed E-state index contributed by atoms with van der Waals surface area (Å²) in [4.78, 5) is 10.3. The summed E-state index contributed by atoms with van der Waals surface area (Å²) in [5, 5.41) is 8.76. The topological polar surface area (TPSA) is 52.8 Å². The fourth-order valence-corrected chi connectivity index (χ4v) is 2.02. The highest BCUT2D eigenvalue weighted by Crippen LogP contribution is 2.31. The Balaban J connectivity index is 1.99. The maximum atomic E-state index is 8.76. The molecule has 0 N–H and O–H groups in total. The van der Waals surface area contributed by atoms with Gasteiger partial charge in [0, 0.05) is 17.8 Å². The van der Waals surface area contributed by atoms with Gasteiger partial charge in [-0.15, -0.1) is 0 Å². The normalized spacial score (nSPS) is 13.2. The largest absolute Gasteiger partial charge is 0.326 e. The Kier molecular flexibility index (Phi) is 2.23. The Morgan fingerprint density at radius 1 is 1.29 bits per heavy atom. The molecule has 17 heavy (non-hydrogen) atoms. The van der Waals surface area contributed by atoms with Gasteiger partial charge in [-0.25, -0.2) is 9.97 Å². The third-order valence-electron chi connectivity index (χ3n) is 2.86. The summed E-state index contributed by atoms with van der Waals surface area (Å²) >= 11 is 0. The molecule has 0 spiro atoms. The second-order valence-electron chi connectivity index (χ2n) is 3.85. The lowest BCUT2D eigenvalue weighted by molar-refractivity contribution is 0.990. The molecule has 4 heteroatoms. The minimum absolute atomic E-state index is 0.669. The van der Waals surface area contributed by atoms with Crippen LogP contribution in [0.1, 0.15) is 11.1 Å². The van der Waals surface area contributed by atoms with E-state index in [0.717, 1.165) is 30.0 Å². The molecule has 2 aromatic rings. The molecule has 1 aliphatic heterocycles. The molecule has 0 aliphatic carbocycles. The lowest BCUT2D eigenvalue weighted by Crippen LogP contribution is -2.14. The molecule has 1 radical (unpaired) electrons. The number of anilines is 2. The van der Waals surface area contributed by atoms with Gasteiger partial charge in [0.25, 0.3) is 0 Å². The number of hydrogen-bond donors (Lipinski definition) is 0. The van der Waals surface area contributed by atoms with E-state index in [1.54, 1.807) is 0 Å². The van der Waals surface area contributed by atoms with Crippen LogP contribution in [-0.4, -0.2) is 16.5 Å². The predicted molar refractivity (Wildman–Crippen MR) is 62.7 cm³/mol. The van der Waals surface area contributed by atoms with Crippen LogP contribution in [-0.2, 0) is 6.42 Å². The van der Waals surface area contributed by atoms with Crippen LogP contribution in [0.25, 0.3) is 0 Å². The van der Waals surface area contributed by atoms with E-state index < -0.39 is 0 Å². The zero-order chi connectivity index (χ0) is 11.7. The monoisotopic (exact) mass is 221 g/mol. The Morgan fingerprint density at radius 3 is 2.88 bits per heavy atom. The first kappa shape index (κ1) is 9.79. The van der Waals surface area contributed by atoms with E-state index in [0.29, 0.717) is 5.56 Å². The first-order valence-electron chi connectivity index (χ1n) is 5.38. The molecule has 81 valence electrons. The van der Waals surface area contributed by atoms with E-state index in [1.165, 1.54) is 6.33 Å². The molecule has 0 fully saturated rings. The molecule has 0 bridgehead atoms. The van der Waals surface area contributed by atoms with Crippen molar-refractivity contribution in [3.8, 4) is 6.07 Å². The van der Waals surface area contributed by atoms with Crippen molar-refractivity contribution in [2.45, 2.75) is 6.42 Å². The summed E-state index contributed by atoms with van der Waals surface area (Å²) < 4.78 is 0. The molecule has 1 aromatic carbocycles. The fraction of sp³-hybridized carbons (Fsp3) is 0.154. The zero-order valence-electron chi connectivity index (χ0n) is 9.09. The first-order chi connectivity index (χ1) is 8.38. The van der Waals surface area contributed by atoms with Gasteiger partial charge in [0.05, 0.1) is 17.8 Å². The highest BCUT2D eigenvalue weighted by molar-refractivity contribution is 5.66. The lowest BCUT2D eigenvalue weighted by Gasteiger charge is -2.17. The van der Waals surface area contributed by atoms with Crippen LogP contribution in [0.2, 0.25) is 0 Å². The van der Waals surface area contributed by atoms with E-state index in [4.69, 9.17) is 5.26 Å². The predicted octanol–water partition coefficient (Wildman–Crippen LogP) is 1.84. The second-order valence-corrected chi connectivity index (χ2v) is 3.85. The van der Waals surface area contributed by atoms with Gasteiger partial charge in [0.1, 0.15) is 12.1 Å². The van der Waals surface area contributed by atoms with Gasteiger partial charge in [-0.2, -0.15) is 5.26 Å². The third kappa shape index (κ3) is 1.62. The van der Waals surface area contributed by atoms with Crippen LogP contribution < -0.4 is 4.90 Å². The van der Waals surface area contributed by atoms with Gasteiger partial charge in [0.2, 0.25) is 0 Å². The molecular weight excluding hydrogens is 212 g/mol. The van der Waals surface area contributed by atoms with Crippen molar-refractivity contribution >= 4 is 11.5 Å². The number of nitrogens with zero attached hydrogens (tertiary/aromatic N) is 4. The first-order valence-corrected chi connectivity index (χ1v) is 5.38. The number of hydrogen-bond acceptors (Lipinski definition) is 4. The van der Waals surface area contributed by atoms with Gasteiger partial charge >= 0.3 is 0 Å². The Morgan fingerprint density at radius 2 is 2.12 bits per heavy atom. The summed E-state index contributed by atoms with van der Waals surface area (Å²) in [5.74, 6) is 0.921. The van der Waals surface area contributed by atoms with Crippen LogP contribution in [0.5, 0.6) is 0 Å². The number of benzene rings is 1. The van der Waals surface area contributed by atoms with Gasteiger partial charge in [-0.1, -0.05) is 0 Å². The molecule has 0 saturated heterocycles. The summed E-state index contributed by atoms with van der Waals surface area (Å²) in [6.45, 7) is 0.885. The van der Waals surface area contributed by atoms with Crippen LogP contribution in [0, 0.1) is 17.5 Å². The number of aromatic nitrogens is 2. The Bertz CT molecular complexity index is 583. The average Bonchev–Trinajstić information content (AvgIpc) is 2.83. The molecule has 0 amide bonds. The summed E-state index contributed by atoms with van der Waals surface area (Å²) in [7, 11) is 0. The van der Waals surface area contributed by atoms with Crippen LogP contribution in [0.3, 0.4) is 0 Å². The molecule has 0 saturated carbocycles. The van der Waals surface area contributed by atoms with Gasteiger partial charge < -0.3 is 4.90 Å². The van der Waals surface area contributed by atoms with Crippen molar-refractivity contribution in [2.24, 2.45) is 0 Å². The van der Waals surface area contributed by atoms with Crippen molar-refractivity contribution in [1.82, 2.24) is 9.97 Å². The fourth-order valence-electron chi connectivity index (χ4n) is 2.02. The van der Waals surface area contributed by atoms with Crippen LogP contribution in [0.4, 0.5) is 11.5 Å². The molecule has 1 aromatic heterocycles. The molecule has 3 rings (SSSR count). The number of nitriles is 1. The summed E-state index contributed by atoms with van der Waals surface area (Å²) in [6, 6.07) is 9.63. The van der Waals surface area contributed by atoms with E-state index in [2.05, 4.69) is 27.1 Å². The van der Waals surface area contributed by atoms with E-state index in [9.17, 15) is 0 Å². The van der Waals surface area contributed by atoms with Gasteiger partial charge in [-0.3, -0.25) is 0 Å². The maximum absolute atomic E-state index is 8.76. The Hall–Kier alpha value is -2.41. The second kappa shape index (κ2) is 3.87. The lowest BCUT2D eigenvalue weighted by atomic mass is 10.2. The van der Waals surface area contributed by atoms with E-state index in [-0.39, 0.29) is 0 Å². The highest BCUT2D eigenvalue weighted by atomic mass is 15.2. The Labute approximate surface area is 99.2 Å². The van der Waals surface area contributed by atoms with Crippen LogP contribution in [0.15, 0.2) is 30.6 Å². The standard InChI is InChI=1S/C13H9N4/c14-7-10-1-3-12(4-2-10)17-6-5-11-8-15-9-16-13(11)17/h1-4,9H,5-6H2. The molecule has 0 unspecified atom stereocenters. The van der Waals surface area contributed by atoms with Crippen molar-refractivity contribution in [1.29, 1.82) is 5.26 Å². The summed E-state index contributed by atoms with van der Waals surface area (Å²) in [5.41, 5.74) is 2.77. The van der Waals surface area contributed by atoms with Crippen molar-refractivity contribution in [3.63, 3.8) is 0 Å². The van der Waals surface area contributed by atoms with E-state index in [1.807, 2.05) is 24.3 Å². The summed E-state index contributed by atoms with van der Waals surface area (Å²) in [6.07, 6.45) is 5.39. The van der Waals surface area contributed by atoms with Crippen LogP contribution >= 0.6 is 0 Å².